The quantitative estimate of drug-likeness (QED) is 0.691. The van der Waals surface area contributed by atoms with Gasteiger partial charge in [0.1, 0.15) is 0 Å². The molecule has 0 heterocycles. The van der Waals surface area contributed by atoms with Gasteiger partial charge >= 0.3 is 0 Å². The van der Waals surface area contributed by atoms with Crippen molar-refractivity contribution in [2.45, 2.75) is 5.92 Å². The van der Waals surface area contributed by atoms with Crippen molar-refractivity contribution in [1.29, 1.82) is 0 Å². The van der Waals surface area contributed by atoms with Crippen molar-refractivity contribution in [2.75, 3.05) is 6.54 Å². The molecule has 0 spiro atoms. The molecule has 0 unspecified atom stereocenters. The predicted molar refractivity (Wildman–Crippen MR) is 47.3 cm³/mol. The third kappa shape index (κ3) is 1.85. The second kappa shape index (κ2) is 3.55. The summed E-state index contributed by atoms with van der Waals surface area (Å²) in [6.07, 6.45) is 5.08. The lowest BCUT2D eigenvalue weighted by atomic mass is 10.0. The van der Waals surface area contributed by atoms with E-state index in [0.717, 1.165) is 0 Å². The molecule has 0 aliphatic rings. The Bertz CT molecular complexity index is 339. The van der Waals surface area contributed by atoms with Crippen molar-refractivity contribution in [3.63, 3.8) is 0 Å². The van der Waals surface area contributed by atoms with Gasteiger partial charge in [0.2, 0.25) is 0 Å². The Morgan fingerprint density at radius 1 is 1.38 bits per heavy atom. The first-order valence-electron chi connectivity index (χ1n) is 3.76. The minimum absolute atomic E-state index is 0.181. The van der Waals surface area contributed by atoms with Crippen molar-refractivity contribution in [3.8, 4) is 12.3 Å². The van der Waals surface area contributed by atoms with Gasteiger partial charge in [-0.15, -0.1) is 6.42 Å². The molecule has 0 aliphatic heterocycles. The first-order chi connectivity index (χ1) is 6.11. The van der Waals surface area contributed by atoms with E-state index in [1.165, 1.54) is 18.2 Å². The molecular formula is C10H9F2N. The lowest BCUT2D eigenvalue weighted by Crippen LogP contribution is -2.26. The molecule has 1 aromatic carbocycles. The third-order valence-electron chi connectivity index (χ3n) is 1.73. The minimum Gasteiger partial charge on any atom is -0.325 e. The highest BCUT2D eigenvalue weighted by Gasteiger charge is 2.31. The molecule has 0 radical (unpaired) electrons. The van der Waals surface area contributed by atoms with E-state index >= 15 is 0 Å². The molecule has 0 saturated carbocycles. The van der Waals surface area contributed by atoms with Crippen LogP contribution in [0.15, 0.2) is 24.3 Å². The standard InChI is InChI=1S/C10H9F2N/c1-2-8-5-3-4-6-9(8)10(11,12)7-13/h1,3-6H,7,13H2. The van der Waals surface area contributed by atoms with Gasteiger partial charge < -0.3 is 5.73 Å². The predicted octanol–water partition coefficient (Wildman–Crippen LogP) is 1.72. The van der Waals surface area contributed by atoms with Crippen LogP contribution in [0.4, 0.5) is 8.78 Å². The van der Waals surface area contributed by atoms with Crippen LogP contribution in [-0.4, -0.2) is 6.54 Å². The molecule has 0 aliphatic carbocycles. The smallest absolute Gasteiger partial charge is 0.286 e. The highest BCUT2D eigenvalue weighted by Crippen LogP contribution is 2.28. The normalized spacial score (nSPS) is 10.9. The molecule has 2 N–H and O–H groups in total. The number of terminal acetylenes is 1. The summed E-state index contributed by atoms with van der Waals surface area (Å²) in [5, 5.41) is 0. The molecule has 1 nitrogen and oxygen atoms in total. The summed E-state index contributed by atoms with van der Waals surface area (Å²) in [5.74, 6) is -0.838. The highest BCUT2D eigenvalue weighted by molar-refractivity contribution is 5.42. The second-order valence-electron chi connectivity index (χ2n) is 2.60. The third-order valence-corrected chi connectivity index (χ3v) is 1.73. The van der Waals surface area contributed by atoms with Crippen LogP contribution in [0.3, 0.4) is 0 Å². The monoisotopic (exact) mass is 181 g/mol. The lowest BCUT2D eigenvalue weighted by Gasteiger charge is -2.15. The summed E-state index contributed by atoms with van der Waals surface area (Å²) in [5.41, 5.74) is 4.96. The van der Waals surface area contributed by atoms with E-state index in [1.807, 2.05) is 0 Å². The molecule has 0 fully saturated rings. The van der Waals surface area contributed by atoms with Gasteiger partial charge in [0.25, 0.3) is 5.92 Å². The molecule has 0 amide bonds. The SMILES string of the molecule is C#Cc1ccccc1C(F)(F)CN. The number of halogens is 2. The Morgan fingerprint density at radius 2 is 2.00 bits per heavy atom. The number of hydrogen-bond acceptors (Lipinski definition) is 1. The van der Waals surface area contributed by atoms with Gasteiger partial charge in [-0.25, -0.2) is 0 Å². The van der Waals surface area contributed by atoms with E-state index < -0.39 is 12.5 Å². The average Bonchev–Trinajstić information content (AvgIpc) is 2.18. The maximum Gasteiger partial charge on any atom is 0.286 e. The van der Waals surface area contributed by atoms with E-state index in [1.54, 1.807) is 6.07 Å². The van der Waals surface area contributed by atoms with Crippen molar-refractivity contribution >= 4 is 0 Å². The van der Waals surface area contributed by atoms with E-state index in [0.29, 0.717) is 0 Å². The maximum atomic E-state index is 13.1. The molecule has 68 valence electrons. The molecule has 0 bridgehead atoms. The van der Waals surface area contributed by atoms with Gasteiger partial charge in [0, 0.05) is 11.1 Å². The average molecular weight is 181 g/mol. The van der Waals surface area contributed by atoms with E-state index in [-0.39, 0.29) is 11.1 Å². The van der Waals surface area contributed by atoms with Gasteiger partial charge in [0.05, 0.1) is 6.54 Å². The zero-order valence-electron chi connectivity index (χ0n) is 6.93. The van der Waals surface area contributed by atoms with Crippen LogP contribution in [0.2, 0.25) is 0 Å². The first-order valence-corrected chi connectivity index (χ1v) is 3.76. The Labute approximate surface area is 75.6 Å². The van der Waals surface area contributed by atoms with Gasteiger partial charge in [-0.2, -0.15) is 8.78 Å². The summed E-state index contributed by atoms with van der Waals surface area (Å²) in [6.45, 7) is -0.730. The first kappa shape index (κ1) is 9.69. The molecule has 0 saturated heterocycles. The summed E-state index contributed by atoms with van der Waals surface area (Å²) in [6, 6.07) is 5.89. The summed E-state index contributed by atoms with van der Waals surface area (Å²) in [4.78, 5) is 0. The van der Waals surface area contributed by atoms with Gasteiger partial charge in [-0.3, -0.25) is 0 Å². The zero-order valence-corrected chi connectivity index (χ0v) is 6.93. The number of benzene rings is 1. The fraction of sp³-hybridized carbons (Fsp3) is 0.200. The summed E-state index contributed by atoms with van der Waals surface area (Å²) in [7, 11) is 0. The molecule has 0 aromatic heterocycles. The van der Waals surface area contributed by atoms with Crippen molar-refractivity contribution in [1.82, 2.24) is 0 Å². The minimum atomic E-state index is -3.04. The Hall–Kier alpha value is -1.40. The van der Waals surface area contributed by atoms with E-state index in [2.05, 4.69) is 5.92 Å². The highest BCUT2D eigenvalue weighted by atomic mass is 19.3. The Morgan fingerprint density at radius 3 is 2.54 bits per heavy atom. The number of alkyl halides is 2. The van der Waals surface area contributed by atoms with Crippen LogP contribution in [0.1, 0.15) is 11.1 Å². The zero-order chi connectivity index (χ0) is 9.90. The van der Waals surface area contributed by atoms with Crippen LogP contribution in [0.25, 0.3) is 0 Å². The largest absolute Gasteiger partial charge is 0.325 e. The molecule has 0 atom stereocenters. The maximum absolute atomic E-state index is 13.1. The number of rotatable bonds is 2. The molecule has 1 aromatic rings. The molecular weight excluding hydrogens is 172 g/mol. The van der Waals surface area contributed by atoms with Gasteiger partial charge in [0.15, 0.2) is 0 Å². The molecule has 3 heteroatoms. The second-order valence-corrected chi connectivity index (χ2v) is 2.60. The topological polar surface area (TPSA) is 26.0 Å². The van der Waals surface area contributed by atoms with Crippen molar-refractivity contribution in [2.24, 2.45) is 5.73 Å². The van der Waals surface area contributed by atoms with Gasteiger partial charge in [-0.1, -0.05) is 24.1 Å². The van der Waals surface area contributed by atoms with Crippen LogP contribution in [0.5, 0.6) is 0 Å². The molecule has 13 heavy (non-hydrogen) atoms. The summed E-state index contributed by atoms with van der Waals surface area (Å²) < 4.78 is 26.2. The van der Waals surface area contributed by atoms with E-state index in [4.69, 9.17) is 12.2 Å². The number of nitrogens with two attached hydrogens (primary N) is 1. The lowest BCUT2D eigenvalue weighted by molar-refractivity contribution is 0.00571. The van der Waals surface area contributed by atoms with Crippen molar-refractivity contribution in [3.05, 3.63) is 35.4 Å². The Balaban J connectivity index is 3.22. The van der Waals surface area contributed by atoms with Crippen LogP contribution in [0, 0.1) is 12.3 Å². The summed E-state index contributed by atoms with van der Waals surface area (Å²) >= 11 is 0. The van der Waals surface area contributed by atoms with Crippen LogP contribution in [-0.2, 0) is 5.92 Å². The Kier molecular flexibility index (Phi) is 2.64. The van der Waals surface area contributed by atoms with Crippen molar-refractivity contribution < 1.29 is 8.78 Å². The van der Waals surface area contributed by atoms with Gasteiger partial charge in [-0.05, 0) is 6.07 Å². The molecule has 1 rings (SSSR count). The van der Waals surface area contributed by atoms with Crippen LogP contribution < -0.4 is 5.73 Å². The number of hydrogen-bond donors (Lipinski definition) is 1. The van der Waals surface area contributed by atoms with E-state index in [9.17, 15) is 8.78 Å². The fourth-order valence-corrected chi connectivity index (χ4v) is 1.04. The van der Waals surface area contributed by atoms with Crippen LogP contribution >= 0.6 is 0 Å². The fourth-order valence-electron chi connectivity index (χ4n) is 1.04.